The van der Waals surface area contributed by atoms with Crippen LogP contribution in [0.3, 0.4) is 0 Å². The molecule has 0 aliphatic heterocycles. The summed E-state index contributed by atoms with van der Waals surface area (Å²) < 4.78 is 0. The van der Waals surface area contributed by atoms with Gasteiger partial charge in [0.05, 0.1) is 0 Å². The maximum atomic E-state index is 2.45. The van der Waals surface area contributed by atoms with Crippen molar-refractivity contribution in [3.63, 3.8) is 0 Å². The first-order valence-electron chi connectivity index (χ1n) is 9.66. The van der Waals surface area contributed by atoms with Crippen molar-refractivity contribution in [1.82, 2.24) is 0 Å². The van der Waals surface area contributed by atoms with Gasteiger partial charge in [-0.3, -0.25) is 0 Å². The Morgan fingerprint density at radius 1 is 0.581 bits per heavy atom. The molecule has 5 heteroatoms. The van der Waals surface area contributed by atoms with E-state index in [1.165, 1.54) is 26.3 Å². The minimum absolute atomic E-state index is 0. The Kier molecular flexibility index (Phi) is 12.9. The Bertz CT molecular complexity index is 906. The van der Waals surface area contributed by atoms with E-state index >= 15 is 0 Å². The van der Waals surface area contributed by atoms with Gasteiger partial charge in [0, 0.05) is 0 Å². The van der Waals surface area contributed by atoms with Gasteiger partial charge in [0.1, 0.15) is 8.07 Å². The molecule has 0 N–H and O–H groups in total. The van der Waals surface area contributed by atoms with Gasteiger partial charge < -0.3 is 37.2 Å². The Hall–Kier alpha value is -1.19. The van der Waals surface area contributed by atoms with Crippen LogP contribution in [-0.4, -0.2) is 8.07 Å². The molecular formula is C26H25Cl3SiTi. The summed E-state index contributed by atoms with van der Waals surface area (Å²) in [5.41, 5.74) is 1.42. The Morgan fingerprint density at radius 3 is 1.23 bits per heavy atom. The summed E-state index contributed by atoms with van der Waals surface area (Å²) in [6, 6.07) is 40.4. The zero-order valence-corrected chi connectivity index (χ0v) is 22.4. The largest absolute Gasteiger partial charge is 4.00 e. The van der Waals surface area contributed by atoms with Crippen LogP contribution >= 0.6 is 0 Å². The van der Waals surface area contributed by atoms with Crippen molar-refractivity contribution < 1.29 is 58.9 Å². The fourth-order valence-electron chi connectivity index (χ4n) is 4.12. The molecule has 0 saturated carbocycles. The van der Waals surface area contributed by atoms with Gasteiger partial charge in [-0.15, -0.1) is 5.19 Å². The van der Waals surface area contributed by atoms with Crippen LogP contribution in [-0.2, 0) is 21.7 Å². The van der Waals surface area contributed by atoms with Crippen LogP contribution in [0.2, 0.25) is 0 Å². The van der Waals surface area contributed by atoms with E-state index in [2.05, 4.69) is 123 Å². The summed E-state index contributed by atoms with van der Waals surface area (Å²) in [5.74, 6) is 0.535. The number of hydrogen-bond donors (Lipinski definition) is 0. The van der Waals surface area contributed by atoms with Gasteiger partial charge in [0.2, 0.25) is 0 Å². The predicted octanol–water partition coefficient (Wildman–Crippen LogP) is -5.08. The Balaban J connectivity index is 0.00000225. The van der Waals surface area contributed by atoms with Crippen LogP contribution in [0.15, 0.2) is 109 Å². The molecule has 0 radical (unpaired) electrons. The maximum Gasteiger partial charge on any atom is 4.00 e. The van der Waals surface area contributed by atoms with Gasteiger partial charge in [-0.25, -0.2) is 6.07 Å². The summed E-state index contributed by atoms with van der Waals surface area (Å²) >= 11 is 0. The molecule has 0 aliphatic carbocycles. The zero-order valence-electron chi connectivity index (χ0n) is 17.6. The first-order chi connectivity index (χ1) is 13.2. The topological polar surface area (TPSA) is 0 Å². The monoisotopic (exact) mass is 518 g/mol. The molecule has 0 unspecified atom stereocenters. The van der Waals surface area contributed by atoms with Gasteiger partial charge in [-0.1, -0.05) is 126 Å². The van der Waals surface area contributed by atoms with Gasteiger partial charge in [0.15, 0.2) is 0 Å². The van der Waals surface area contributed by atoms with Crippen molar-refractivity contribution in [2.75, 3.05) is 0 Å². The first kappa shape index (κ1) is 29.8. The van der Waals surface area contributed by atoms with Gasteiger partial charge in [-0.05, 0) is 0 Å². The molecule has 4 aromatic rings. The molecule has 0 heterocycles. The summed E-state index contributed by atoms with van der Waals surface area (Å²) in [6.45, 7) is 4.55. The molecule has 0 spiro atoms. The second-order valence-electron chi connectivity index (χ2n) is 7.44. The minimum Gasteiger partial charge on any atom is -1.00 e. The molecule has 158 valence electrons. The number of rotatable bonds is 5. The maximum absolute atomic E-state index is 2.45. The molecule has 0 bridgehead atoms. The Morgan fingerprint density at radius 2 is 0.935 bits per heavy atom. The average molecular weight is 520 g/mol. The molecule has 4 rings (SSSR count). The van der Waals surface area contributed by atoms with Crippen LogP contribution in [0.4, 0.5) is 0 Å². The molecule has 0 amide bonds. The van der Waals surface area contributed by atoms with Gasteiger partial charge in [0.25, 0.3) is 0 Å². The standard InChI is InChI=1S/C26H25Si.3ClH.Ti/c1-21(2)22-18-19-26(20-22)27(23-12-6-3-7-13-23,24-14-8-4-9-15-24)25-16-10-5-11-17-25;;;;/h3-21H,1-2H3;3*1H;/q-1;;;;+4/p-3. The van der Waals surface area contributed by atoms with E-state index < -0.39 is 8.07 Å². The van der Waals surface area contributed by atoms with Crippen LogP contribution in [0, 0.1) is 0 Å². The van der Waals surface area contributed by atoms with E-state index in [0.29, 0.717) is 5.92 Å². The third-order valence-electron chi connectivity index (χ3n) is 5.50. The molecule has 0 fully saturated rings. The zero-order chi connectivity index (χ0) is 18.7. The van der Waals surface area contributed by atoms with E-state index in [-0.39, 0.29) is 58.9 Å². The van der Waals surface area contributed by atoms with Gasteiger partial charge >= 0.3 is 21.7 Å². The van der Waals surface area contributed by atoms with Crippen molar-refractivity contribution in [3.05, 3.63) is 115 Å². The molecule has 0 saturated heterocycles. The van der Waals surface area contributed by atoms with Crippen molar-refractivity contribution in [2.45, 2.75) is 19.8 Å². The van der Waals surface area contributed by atoms with Crippen molar-refractivity contribution in [3.8, 4) is 0 Å². The second kappa shape index (κ2) is 13.4. The second-order valence-corrected chi connectivity index (χ2v) is 11.2. The molecule has 31 heavy (non-hydrogen) atoms. The third-order valence-corrected chi connectivity index (χ3v) is 10.3. The molecule has 0 aromatic heterocycles. The SMILES string of the molecule is CC(C)c1cc[c-]([Si](c2ccccc2)(c2ccccc2)c2ccccc2)c1.[Cl-].[Cl-].[Cl-].[Ti+4]. The molecular weight excluding hydrogens is 495 g/mol. The van der Waals surface area contributed by atoms with Crippen molar-refractivity contribution in [2.24, 2.45) is 0 Å². The van der Waals surface area contributed by atoms with Gasteiger partial charge in [-0.2, -0.15) is 17.7 Å². The van der Waals surface area contributed by atoms with E-state index in [1.54, 1.807) is 0 Å². The third kappa shape index (κ3) is 5.79. The van der Waals surface area contributed by atoms with E-state index in [1.807, 2.05) is 0 Å². The normalized spacial score (nSPS) is 10.2. The first-order valence-corrected chi connectivity index (χ1v) is 11.7. The van der Waals surface area contributed by atoms with Crippen LogP contribution in [0.5, 0.6) is 0 Å². The summed E-state index contributed by atoms with van der Waals surface area (Å²) in [5, 5.41) is 5.77. The van der Waals surface area contributed by atoms with Crippen LogP contribution in [0.25, 0.3) is 0 Å². The molecule has 0 atom stereocenters. The average Bonchev–Trinajstić information content (AvgIpc) is 3.22. The van der Waals surface area contributed by atoms with Crippen molar-refractivity contribution in [1.29, 1.82) is 0 Å². The minimum atomic E-state index is -2.32. The van der Waals surface area contributed by atoms with Crippen LogP contribution in [0.1, 0.15) is 25.3 Å². The van der Waals surface area contributed by atoms with E-state index in [9.17, 15) is 0 Å². The van der Waals surface area contributed by atoms with E-state index in [4.69, 9.17) is 0 Å². The predicted molar refractivity (Wildman–Crippen MR) is 120 cm³/mol. The summed E-state index contributed by atoms with van der Waals surface area (Å²) in [7, 11) is -2.32. The fraction of sp³-hybridized carbons (Fsp3) is 0.115. The smallest absolute Gasteiger partial charge is 1.00 e. The molecule has 4 aromatic carbocycles. The fourth-order valence-corrected chi connectivity index (χ4v) is 8.91. The molecule has 0 aliphatic rings. The number of halogens is 3. The van der Waals surface area contributed by atoms with Crippen molar-refractivity contribution >= 4 is 28.8 Å². The summed E-state index contributed by atoms with van der Waals surface area (Å²) in [6.07, 6.45) is 0. The quantitative estimate of drug-likeness (QED) is 0.141. The summed E-state index contributed by atoms with van der Waals surface area (Å²) in [4.78, 5) is 0. The number of hydrogen-bond acceptors (Lipinski definition) is 0. The van der Waals surface area contributed by atoms with Crippen LogP contribution < -0.4 is 58.0 Å². The number of benzene rings is 3. The van der Waals surface area contributed by atoms with E-state index in [0.717, 1.165) is 0 Å². The molecule has 0 nitrogen and oxygen atoms in total. The Labute approximate surface area is 221 Å².